The molecule has 1 aromatic rings. The van der Waals surface area contributed by atoms with E-state index in [1.54, 1.807) is 11.3 Å². The van der Waals surface area contributed by atoms with Gasteiger partial charge in [-0.15, -0.1) is 11.3 Å². The lowest BCUT2D eigenvalue weighted by molar-refractivity contribution is 0.937. The van der Waals surface area contributed by atoms with Crippen molar-refractivity contribution in [1.29, 1.82) is 0 Å². The maximum absolute atomic E-state index is 3.36. The van der Waals surface area contributed by atoms with Gasteiger partial charge in [0.1, 0.15) is 0 Å². The Balaban J connectivity index is 2.73. The van der Waals surface area contributed by atoms with E-state index >= 15 is 0 Å². The summed E-state index contributed by atoms with van der Waals surface area (Å²) in [5.74, 6) is 0. The molecule has 0 spiro atoms. The third-order valence-corrected chi connectivity index (χ3v) is 2.47. The van der Waals surface area contributed by atoms with Crippen LogP contribution < -0.4 is 5.32 Å². The summed E-state index contributed by atoms with van der Waals surface area (Å²) >= 11 is 1.78. The molecule has 0 aromatic carbocycles. The van der Waals surface area contributed by atoms with Crippen LogP contribution in [0.15, 0.2) is 23.6 Å². The molecule has 0 aliphatic heterocycles. The Kier molecular flexibility index (Phi) is 3.88. The average molecular weight is 181 g/mol. The number of hydrogen-bond acceptors (Lipinski definition) is 2. The first-order valence-corrected chi connectivity index (χ1v) is 5.24. The minimum absolute atomic E-state index is 0.990. The van der Waals surface area contributed by atoms with Crippen LogP contribution in [-0.4, -0.2) is 6.54 Å². The topological polar surface area (TPSA) is 12.0 Å². The van der Waals surface area contributed by atoms with Gasteiger partial charge in [0, 0.05) is 17.1 Å². The summed E-state index contributed by atoms with van der Waals surface area (Å²) in [7, 11) is 0. The van der Waals surface area contributed by atoms with E-state index in [4.69, 9.17) is 0 Å². The zero-order chi connectivity index (χ0) is 8.81. The van der Waals surface area contributed by atoms with Crippen molar-refractivity contribution in [2.24, 2.45) is 0 Å². The van der Waals surface area contributed by atoms with Crippen molar-refractivity contribution in [1.82, 2.24) is 5.32 Å². The number of nitrogens with one attached hydrogen (secondary N) is 1. The fourth-order valence-electron chi connectivity index (χ4n) is 1.09. The molecule has 0 amide bonds. The first kappa shape index (κ1) is 9.33. The lowest BCUT2D eigenvalue weighted by Gasteiger charge is -2.05. The Morgan fingerprint density at radius 3 is 2.92 bits per heavy atom. The molecule has 2 heteroatoms. The second-order valence-corrected chi connectivity index (χ2v) is 3.48. The molecule has 0 aliphatic rings. The van der Waals surface area contributed by atoms with Crippen molar-refractivity contribution in [3.8, 4) is 0 Å². The summed E-state index contributed by atoms with van der Waals surface area (Å²) < 4.78 is 0. The predicted octanol–water partition coefficient (Wildman–Crippen LogP) is 3.11. The van der Waals surface area contributed by atoms with Crippen LogP contribution in [0.4, 0.5) is 0 Å². The molecule has 1 N–H and O–H groups in total. The Hall–Kier alpha value is -0.760. The highest BCUT2D eigenvalue weighted by atomic mass is 32.1. The van der Waals surface area contributed by atoms with E-state index in [-0.39, 0.29) is 0 Å². The number of hydrogen-bond donors (Lipinski definition) is 1. The maximum Gasteiger partial charge on any atom is 0.0498 e. The van der Waals surface area contributed by atoms with Crippen molar-refractivity contribution < 1.29 is 0 Å². The van der Waals surface area contributed by atoms with Gasteiger partial charge in [0.15, 0.2) is 0 Å². The van der Waals surface area contributed by atoms with E-state index in [1.165, 1.54) is 10.6 Å². The predicted molar refractivity (Wildman–Crippen MR) is 56.3 cm³/mol. The van der Waals surface area contributed by atoms with Crippen LogP contribution in [0.1, 0.15) is 25.1 Å². The molecule has 0 fully saturated rings. The summed E-state index contributed by atoms with van der Waals surface area (Å²) in [6.45, 7) is 5.27. The van der Waals surface area contributed by atoms with Crippen LogP contribution in [-0.2, 0) is 0 Å². The summed E-state index contributed by atoms with van der Waals surface area (Å²) in [6, 6.07) is 4.23. The summed E-state index contributed by atoms with van der Waals surface area (Å²) in [5.41, 5.74) is 1.27. The van der Waals surface area contributed by atoms with Gasteiger partial charge >= 0.3 is 0 Å². The standard InChI is InChI=1S/C10H15NS/c1-3-6-9(11-4-2)10-7-5-8-12-10/h5-8,11H,3-4H2,1-2H3/b9-6+. The van der Waals surface area contributed by atoms with Gasteiger partial charge in [-0.05, 0) is 24.8 Å². The van der Waals surface area contributed by atoms with Crippen molar-refractivity contribution in [3.63, 3.8) is 0 Å². The molecule has 1 aromatic heterocycles. The van der Waals surface area contributed by atoms with Crippen LogP contribution in [0.25, 0.3) is 5.70 Å². The van der Waals surface area contributed by atoms with E-state index in [0.717, 1.165) is 13.0 Å². The number of rotatable bonds is 4. The Morgan fingerprint density at radius 2 is 2.42 bits per heavy atom. The van der Waals surface area contributed by atoms with Gasteiger partial charge in [0.05, 0.1) is 0 Å². The highest BCUT2D eigenvalue weighted by molar-refractivity contribution is 7.11. The summed E-state index contributed by atoms with van der Waals surface area (Å²) in [6.07, 6.45) is 3.32. The fraction of sp³-hybridized carbons (Fsp3) is 0.400. The van der Waals surface area contributed by atoms with Crippen molar-refractivity contribution in [2.75, 3.05) is 6.54 Å². The van der Waals surface area contributed by atoms with Crippen LogP contribution in [0.3, 0.4) is 0 Å². The third kappa shape index (κ3) is 2.38. The van der Waals surface area contributed by atoms with E-state index in [9.17, 15) is 0 Å². The van der Waals surface area contributed by atoms with E-state index in [0.29, 0.717) is 0 Å². The molecule has 0 saturated carbocycles. The lowest BCUT2D eigenvalue weighted by Crippen LogP contribution is -2.09. The zero-order valence-corrected chi connectivity index (χ0v) is 8.45. The van der Waals surface area contributed by atoms with Gasteiger partial charge < -0.3 is 5.32 Å². The largest absolute Gasteiger partial charge is 0.384 e. The van der Waals surface area contributed by atoms with Crippen molar-refractivity contribution >= 4 is 17.0 Å². The minimum atomic E-state index is 0.990. The second-order valence-electron chi connectivity index (χ2n) is 2.53. The Bertz CT molecular complexity index is 236. The Labute approximate surface area is 78.1 Å². The van der Waals surface area contributed by atoms with Crippen LogP contribution in [0, 0.1) is 0 Å². The molecular weight excluding hydrogens is 166 g/mol. The van der Waals surface area contributed by atoms with Crippen LogP contribution >= 0.6 is 11.3 Å². The highest BCUT2D eigenvalue weighted by Gasteiger charge is 1.98. The molecule has 1 rings (SSSR count). The van der Waals surface area contributed by atoms with Crippen LogP contribution in [0.5, 0.6) is 0 Å². The minimum Gasteiger partial charge on any atom is -0.384 e. The number of allylic oxidation sites excluding steroid dienone is 1. The molecule has 0 aliphatic carbocycles. The molecule has 0 bridgehead atoms. The Morgan fingerprint density at radius 1 is 1.58 bits per heavy atom. The van der Waals surface area contributed by atoms with Gasteiger partial charge in [-0.25, -0.2) is 0 Å². The normalized spacial score (nSPS) is 11.7. The van der Waals surface area contributed by atoms with Gasteiger partial charge in [0.25, 0.3) is 0 Å². The molecular formula is C10H15NS. The smallest absolute Gasteiger partial charge is 0.0498 e. The molecule has 66 valence electrons. The van der Waals surface area contributed by atoms with Crippen molar-refractivity contribution in [2.45, 2.75) is 20.3 Å². The lowest BCUT2D eigenvalue weighted by atomic mass is 10.3. The van der Waals surface area contributed by atoms with Gasteiger partial charge in [0.2, 0.25) is 0 Å². The molecule has 1 heterocycles. The van der Waals surface area contributed by atoms with Gasteiger partial charge in [-0.3, -0.25) is 0 Å². The first-order chi connectivity index (χ1) is 5.88. The van der Waals surface area contributed by atoms with E-state index in [2.05, 4.69) is 42.8 Å². The van der Waals surface area contributed by atoms with Crippen molar-refractivity contribution in [3.05, 3.63) is 28.5 Å². The fourth-order valence-corrected chi connectivity index (χ4v) is 1.83. The van der Waals surface area contributed by atoms with Gasteiger partial charge in [-0.1, -0.05) is 19.1 Å². The second kappa shape index (κ2) is 4.99. The maximum atomic E-state index is 3.36. The summed E-state index contributed by atoms with van der Waals surface area (Å²) in [5, 5.41) is 5.46. The molecule has 1 nitrogen and oxygen atoms in total. The van der Waals surface area contributed by atoms with Crippen LogP contribution in [0.2, 0.25) is 0 Å². The molecule has 0 unspecified atom stereocenters. The molecule has 0 radical (unpaired) electrons. The third-order valence-electron chi connectivity index (χ3n) is 1.56. The average Bonchev–Trinajstić information content (AvgIpc) is 2.56. The van der Waals surface area contributed by atoms with Gasteiger partial charge in [-0.2, -0.15) is 0 Å². The molecule has 0 saturated heterocycles. The monoisotopic (exact) mass is 181 g/mol. The quantitative estimate of drug-likeness (QED) is 0.752. The highest BCUT2D eigenvalue weighted by Crippen LogP contribution is 2.17. The first-order valence-electron chi connectivity index (χ1n) is 4.36. The molecule has 0 atom stereocenters. The van der Waals surface area contributed by atoms with E-state index < -0.39 is 0 Å². The molecule has 12 heavy (non-hydrogen) atoms. The summed E-state index contributed by atoms with van der Waals surface area (Å²) in [4.78, 5) is 1.33. The van der Waals surface area contributed by atoms with E-state index in [1.807, 2.05) is 0 Å². The SMILES string of the molecule is CC/C=C(/NCC)c1cccs1. The number of thiophene rings is 1. The zero-order valence-electron chi connectivity index (χ0n) is 7.63.